The second-order valence-electron chi connectivity index (χ2n) is 6.13. The summed E-state index contributed by atoms with van der Waals surface area (Å²) in [5, 5.41) is 15.6. The molecule has 0 radical (unpaired) electrons. The molecule has 3 rings (SSSR count). The third kappa shape index (κ3) is 4.57. The highest BCUT2D eigenvalue weighted by atomic mass is 19.1. The van der Waals surface area contributed by atoms with E-state index in [0.717, 1.165) is 5.56 Å². The number of aromatic amines is 1. The van der Waals surface area contributed by atoms with Gasteiger partial charge in [0.2, 0.25) is 0 Å². The number of H-pyrrole nitrogens is 1. The van der Waals surface area contributed by atoms with E-state index in [9.17, 15) is 14.0 Å². The fourth-order valence-electron chi connectivity index (χ4n) is 2.50. The molecule has 27 heavy (non-hydrogen) atoms. The Labute approximate surface area is 154 Å². The van der Waals surface area contributed by atoms with Crippen molar-refractivity contribution >= 4 is 6.03 Å². The van der Waals surface area contributed by atoms with Gasteiger partial charge in [0.25, 0.3) is 5.56 Å². The number of aryl methyl sites for hydroxylation is 1. The molecule has 0 saturated heterocycles. The Balaban J connectivity index is 1.60. The van der Waals surface area contributed by atoms with E-state index >= 15 is 0 Å². The third-order valence-corrected chi connectivity index (χ3v) is 3.94. The minimum atomic E-state index is -0.429. The van der Waals surface area contributed by atoms with Crippen molar-refractivity contribution in [3.63, 3.8) is 0 Å². The Bertz CT molecular complexity index is 993. The molecule has 0 aliphatic heterocycles. The molecule has 0 fully saturated rings. The molecule has 0 aliphatic carbocycles. The van der Waals surface area contributed by atoms with Gasteiger partial charge in [0.05, 0.1) is 24.5 Å². The first-order chi connectivity index (χ1) is 12.9. The molecule has 1 atom stereocenters. The summed E-state index contributed by atoms with van der Waals surface area (Å²) in [6.45, 7) is 3.79. The summed E-state index contributed by atoms with van der Waals surface area (Å²) in [4.78, 5) is 23.0. The predicted molar refractivity (Wildman–Crippen MR) is 96.9 cm³/mol. The lowest BCUT2D eigenvalue weighted by atomic mass is 10.1. The number of rotatable bonds is 5. The van der Waals surface area contributed by atoms with Gasteiger partial charge in [-0.15, -0.1) is 0 Å². The number of carbonyl (C=O) groups is 1. The highest BCUT2D eigenvalue weighted by Crippen LogP contribution is 2.19. The molecule has 2 amide bonds. The smallest absolute Gasteiger partial charge is 0.315 e. The fourth-order valence-corrected chi connectivity index (χ4v) is 2.50. The molecule has 3 aromatic rings. The van der Waals surface area contributed by atoms with E-state index in [0.29, 0.717) is 16.9 Å². The number of hydrogen-bond donors (Lipinski definition) is 3. The van der Waals surface area contributed by atoms with Crippen LogP contribution in [0.3, 0.4) is 0 Å². The van der Waals surface area contributed by atoms with Crippen molar-refractivity contribution in [2.24, 2.45) is 0 Å². The van der Waals surface area contributed by atoms with Gasteiger partial charge in [0, 0.05) is 12.3 Å². The Morgan fingerprint density at radius 3 is 2.78 bits per heavy atom. The summed E-state index contributed by atoms with van der Waals surface area (Å²) in [6.07, 6.45) is 3.39. The first-order valence-electron chi connectivity index (χ1n) is 8.32. The number of benzene rings is 1. The van der Waals surface area contributed by atoms with Gasteiger partial charge in [-0.2, -0.15) is 10.2 Å². The molecule has 0 aliphatic rings. The molecule has 3 N–H and O–H groups in total. The van der Waals surface area contributed by atoms with Crippen LogP contribution in [-0.2, 0) is 6.54 Å². The van der Waals surface area contributed by atoms with Gasteiger partial charge >= 0.3 is 6.03 Å². The molecule has 8 nitrogen and oxygen atoms in total. The van der Waals surface area contributed by atoms with E-state index in [-0.39, 0.29) is 12.1 Å². The van der Waals surface area contributed by atoms with Crippen molar-refractivity contribution < 1.29 is 9.18 Å². The summed E-state index contributed by atoms with van der Waals surface area (Å²) in [7, 11) is 0. The largest absolute Gasteiger partial charge is 0.332 e. The second kappa shape index (κ2) is 7.81. The topological polar surface area (TPSA) is 105 Å². The molecule has 0 bridgehead atoms. The fraction of sp³-hybridized carbons (Fsp3) is 0.222. The Kier molecular flexibility index (Phi) is 5.30. The average molecular weight is 370 g/mol. The van der Waals surface area contributed by atoms with Crippen molar-refractivity contribution in [1.29, 1.82) is 0 Å². The van der Waals surface area contributed by atoms with Crippen molar-refractivity contribution in [3.8, 4) is 5.69 Å². The Morgan fingerprint density at radius 1 is 1.33 bits per heavy atom. The molecule has 9 heteroatoms. The van der Waals surface area contributed by atoms with Gasteiger partial charge in [-0.25, -0.2) is 19.0 Å². The van der Waals surface area contributed by atoms with E-state index in [4.69, 9.17) is 0 Å². The number of amides is 2. The van der Waals surface area contributed by atoms with Gasteiger partial charge in [0.1, 0.15) is 11.5 Å². The molecule has 0 saturated carbocycles. The average Bonchev–Trinajstić information content (AvgIpc) is 3.07. The molecule has 1 unspecified atom stereocenters. The molecule has 0 spiro atoms. The Hall–Kier alpha value is -3.49. The van der Waals surface area contributed by atoms with Gasteiger partial charge in [-0.1, -0.05) is 6.07 Å². The first kappa shape index (κ1) is 18.3. The minimum absolute atomic E-state index is 0.154. The summed E-state index contributed by atoms with van der Waals surface area (Å²) in [6, 6.07) is 6.75. The van der Waals surface area contributed by atoms with Crippen LogP contribution in [0.5, 0.6) is 0 Å². The molecule has 2 aromatic heterocycles. The number of hydrogen-bond acceptors (Lipinski definition) is 4. The molecular formula is C18H19FN6O2. The van der Waals surface area contributed by atoms with E-state index in [1.165, 1.54) is 22.9 Å². The van der Waals surface area contributed by atoms with Crippen LogP contribution in [0.15, 0.2) is 47.5 Å². The zero-order valence-electron chi connectivity index (χ0n) is 14.9. The van der Waals surface area contributed by atoms with E-state index in [1.54, 1.807) is 31.5 Å². The van der Waals surface area contributed by atoms with Crippen LogP contribution in [-0.4, -0.2) is 26.0 Å². The maximum absolute atomic E-state index is 14.4. The van der Waals surface area contributed by atoms with Crippen molar-refractivity contribution in [1.82, 2.24) is 30.6 Å². The summed E-state index contributed by atoms with van der Waals surface area (Å²) in [5.74, 6) is -0.429. The SMILES string of the molecule is Cc1cnn(-c2ccc(C(C)NC(=O)NCc3ccc(=O)[nH]n3)cc2F)c1. The van der Waals surface area contributed by atoms with Crippen LogP contribution in [0.25, 0.3) is 5.69 Å². The summed E-state index contributed by atoms with van der Waals surface area (Å²) >= 11 is 0. The standard InChI is InChI=1S/C18H19FN6O2/c1-11-8-21-25(10-11)16-5-3-13(7-15(16)19)12(2)22-18(27)20-9-14-4-6-17(26)24-23-14/h3-8,10,12H,9H2,1-2H3,(H,24,26)(H2,20,22,27). The quantitative estimate of drug-likeness (QED) is 0.638. The zero-order chi connectivity index (χ0) is 19.4. The maximum atomic E-state index is 14.4. The molecule has 140 valence electrons. The lowest BCUT2D eigenvalue weighted by Gasteiger charge is -2.16. The number of nitrogens with one attached hydrogen (secondary N) is 3. The lowest BCUT2D eigenvalue weighted by molar-refractivity contribution is 0.237. The van der Waals surface area contributed by atoms with Gasteiger partial charge in [0.15, 0.2) is 0 Å². The second-order valence-corrected chi connectivity index (χ2v) is 6.13. The number of carbonyl (C=O) groups excluding carboxylic acids is 1. The number of aromatic nitrogens is 4. The van der Waals surface area contributed by atoms with Gasteiger partial charge in [-0.05, 0) is 43.2 Å². The summed E-state index contributed by atoms with van der Waals surface area (Å²) < 4.78 is 15.9. The lowest BCUT2D eigenvalue weighted by Crippen LogP contribution is -2.37. The highest BCUT2D eigenvalue weighted by Gasteiger charge is 2.13. The van der Waals surface area contributed by atoms with Gasteiger partial charge < -0.3 is 10.6 Å². The Morgan fingerprint density at radius 2 is 2.15 bits per heavy atom. The zero-order valence-corrected chi connectivity index (χ0v) is 14.9. The van der Waals surface area contributed by atoms with Crippen molar-refractivity contribution in [3.05, 3.63) is 75.7 Å². The normalized spacial score (nSPS) is 11.8. The van der Waals surface area contributed by atoms with E-state index in [2.05, 4.69) is 25.9 Å². The van der Waals surface area contributed by atoms with Crippen LogP contribution in [0, 0.1) is 12.7 Å². The van der Waals surface area contributed by atoms with Crippen molar-refractivity contribution in [2.45, 2.75) is 26.4 Å². The first-order valence-corrected chi connectivity index (χ1v) is 8.32. The van der Waals surface area contributed by atoms with Crippen LogP contribution < -0.4 is 16.2 Å². The maximum Gasteiger partial charge on any atom is 0.315 e. The molecule has 2 heterocycles. The highest BCUT2D eigenvalue weighted by molar-refractivity contribution is 5.74. The van der Waals surface area contributed by atoms with E-state index in [1.807, 2.05) is 6.92 Å². The monoisotopic (exact) mass is 370 g/mol. The van der Waals surface area contributed by atoms with Crippen molar-refractivity contribution in [2.75, 3.05) is 0 Å². The van der Waals surface area contributed by atoms with Crippen LogP contribution >= 0.6 is 0 Å². The predicted octanol–water partition coefficient (Wildman–Crippen LogP) is 1.96. The molecule has 1 aromatic carbocycles. The van der Waals surface area contributed by atoms with Gasteiger partial charge in [-0.3, -0.25) is 4.79 Å². The molecular weight excluding hydrogens is 351 g/mol. The number of halogens is 1. The minimum Gasteiger partial charge on any atom is -0.332 e. The van der Waals surface area contributed by atoms with Crippen LogP contribution in [0.4, 0.5) is 9.18 Å². The summed E-state index contributed by atoms with van der Waals surface area (Å²) in [5.41, 5.74) is 2.10. The van der Waals surface area contributed by atoms with Crippen LogP contribution in [0.1, 0.15) is 29.8 Å². The number of urea groups is 1. The van der Waals surface area contributed by atoms with E-state index < -0.39 is 17.9 Å². The van der Waals surface area contributed by atoms with Crippen LogP contribution in [0.2, 0.25) is 0 Å². The third-order valence-electron chi connectivity index (χ3n) is 3.94. The number of nitrogens with zero attached hydrogens (tertiary/aromatic N) is 3.